The molecule has 2 aromatic heterocycles. The molecule has 0 aliphatic heterocycles. The summed E-state index contributed by atoms with van der Waals surface area (Å²) in [5, 5.41) is 7.88. The Morgan fingerprint density at radius 3 is 2.65 bits per heavy atom. The summed E-state index contributed by atoms with van der Waals surface area (Å²) >= 11 is 0. The number of fused-ring (bicyclic) bond motifs is 1. The highest BCUT2D eigenvalue weighted by Gasteiger charge is 2.15. The summed E-state index contributed by atoms with van der Waals surface area (Å²) in [5.41, 5.74) is 3.84. The highest BCUT2D eigenvalue weighted by molar-refractivity contribution is 5.87. The molecule has 0 amide bonds. The molecular weight excluding hydrogens is 298 g/mol. The van der Waals surface area contributed by atoms with Crippen molar-refractivity contribution < 1.29 is 8.78 Å². The Labute approximate surface area is 130 Å². The Morgan fingerprint density at radius 1 is 1.00 bits per heavy atom. The first-order chi connectivity index (χ1) is 11.1. The Balaban J connectivity index is 1.91. The molecule has 0 saturated heterocycles. The van der Waals surface area contributed by atoms with E-state index in [1.165, 1.54) is 6.07 Å². The van der Waals surface area contributed by atoms with Crippen LogP contribution in [0.3, 0.4) is 0 Å². The minimum absolute atomic E-state index is 0.534. The maximum Gasteiger partial charge on any atom is 0.159 e. The number of rotatable bonds is 2. The molecule has 0 aliphatic carbocycles. The molecule has 23 heavy (non-hydrogen) atoms. The number of aryl methyl sites for hydroxylation is 1. The van der Waals surface area contributed by atoms with Crippen LogP contribution in [0.25, 0.3) is 33.4 Å². The second-order valence-corrected chi connectivity index (χ2v) is 5.35. The average molecular weight is 310 g/mol. The van der Waals surface area contributed by atoms with Crippen molar-refractivity contribution in [2.24, 2.45) is 7.05 Å². The second-order valence-electron chi connectivity index (χ2n) is 5.35. The number of aromatic amines is 1. The van der Waals surface area contributed by atoms with E-state index in [1.54, 1.807) is 12.5 Å². The highest BCUT2D eigenvalue weighted by Crippen LogP contribution is 2.32. The van der Waals surface area contributed by atoms with Crippen LogP contribution in [0.5, 0.6) is 0 Å². The van der Waals surface area contributed by atoms with Crippen molar-refractivity contribution in [3.63, 3.8) is 0 Å². The van der Waals surface area contributed by atoms with Gasteiger partial charge in [0.25, 0.3) is 0 Å². The first-order valence-corrected chi connectivity index (χ1v) is 7.04. The topological polar surface area (TPSA) is 46.5 Å². The molecule has 0 atom stereocenters. The summed E-state index contributed by atoms with van der Waals surface area (Å²) in [6.07, 6.45) is 3.40. The van der Waals surface area contributed by atoms with Crippen molar-refractivity contribution in [2.45, 2.75) is 0 Å². The van der Waals surface area contributed by atoms with Gasteiger partial charge in [-0.05, 0) is 30.3 Å². The van der Waals surface area contributed by atoms with E-state index in [-0.39, 0.29) is 0 Å². The number of H-pyrrole nitrogens is 1. The molecule has 4 rings (SSSR count). The fourth-order valence-corrected chi connectivity index (χ4v) is 2.72. The number of hydrogen-bond donors (Lipinski definition) is 1. The minimum Gasteiger partial charge on any atom is -0.333 e. The largest absolute Gasteiger partial charge is 0.333 e. The van der Waals surface area contributed by atoms with Gasteiger partial charge in [-0.25, -0.2) is 13.8 Å². The molecule has 0 spiro atoms. The molecule has 0 aliphatic rings. The lowest BCUT2D eigenvalue weighted by Crippen LogP contribution is -1.92. The number of aromatic nitrogens is 4. The first kappa shape index (κ1) is 13.6. The lowest BCUT2D eigenvalue weighted by atomic mass is 10.0. The molecule has 0 saturated carbocycles. The van der Waals surface area contributed by atoms with Crippen LogP contribution in [0.1, 0.15) is 0 Å². The van der Waals surface area contributed by atoms with Gasteiger partial charge in [-0.1, -0.05) is 6.07 Å². The predicted octanol–water partition coefficient (Wildman–Crippen LogP) is 3.91. The number of imidazole rings is 1. The van der Waals surface area contributed by atoms with Crippen LogP contribution in [-0.4, -0.2) is 19.7 Å². The third-order valence-corrected chi connectivity index (χ3v) is 3.84. The van der Waals surface area contributed by atoms with Gasteiger partial charge < -0.3 is 4.57 Å². The van der Waals surface area contributed by atoms with Crippen molar-refractivity contribution in [1.82, 2.24) is 19.7 Å². The Morgan fingerprint density at radius 2 is 1.83 bits per heavy atom. The molecule has 6 heteroatoms. The van der Waals surface area contributed by atoms with Crippen LogP contribution in [0.15, 0.2) is 48.9 Å². The van der Waals surface area contributed by atoms with E-state index in [0.29, 0.717) is 11.3 Å². The van der Waals surface area contributed by atoms with Gasteiger partial charge in [-0.15, -0.1) is 0 Å². The van der Waals surface area contributed by atoms with Crippen molar-refractivity contribution in [3.8, 4) is 22.5 Å². The van der Waals surface area contributed by atoms with E-state index in [2.05, 4.69) is 15.2 Å². The summed E-state index contributed by atoms with van der Waals surface area (Å²) in [7, 11) is 1.87. The van der Waals surface area contributed by atoms with Gasteiger partial charge in [0.15, 0.2) is 11.6 Å². The van der Waals surface area contributed by atoms with E-state index < -0.39 is 11.6 Å². The van der Waals surface area contributed by atoms with E-state index in [9.17, 15) is 8.78 Å². The number of nitrogens with zero attached hydrogens (tertiary/aromatic N) is 3. The van der Waals surface area contributed by atoms with Crippen LogP contribution in [-0.2, 0) is 7.05 Å². The van der Waals surface area contributed by atoms with Crippen LogP contribution in [0.4, 0.5) is 8.78 Å². The molecule has 0 bridgehead atoms. The van der Waals surface area contributed by atoms with E-state index in [0.717, 1.165) is 34.3 Å². The van der Waals surface area contributed by atoms with Gasteiger partial charge >= 0.3 is 0 Å². The van der Waals surface area contributed by atoms with Crippen molar-refractivity contribution >= 4 is 10.9 Å². The molecule has 2 heterocycles. The molecule has 2 aromatic carbocycles. The van der Waals surface area contributed by atoms with Crippen LogP contribution in [0, 0.1) is 11.6 Å². The van der Waals surface area contributed by atoms with Crippen LogP contribution >= 0.6 is 0 Å². The lowest BCUT2D eigenvalue weighted by molar-refractivity contribution is 0.509. The minimum atomic E-state index is -0.885. The Hall–Kier alpha value is -3.02. The second kappa shape index (κ2) is 5.01. The van der Waals surface area contributed by atoms with Crippen LogP contribution in [0.2, 0.25) is 0 Å². The number of benzene rings is 2. The third-order valence-electron chi connectivity index (χ3n) is 3.84. The van der Waals surface area contributed by atoms with Gasteiger partial charge in [-0.2, -0.15) is 5.10 Å². The zero-order chi connectivity index (χ0) is 16.0. The summed E-state index contributed by atoms with van der Waals surface area (Å²) in [6, 6.07) is 9.67. The normalized spacial score (nSPS) is 11.3. The maximum atomic E-state index is 13.6. The van der Waals surface area contributed by atoms with Crippen LogP contribution < -0.4 is 0 Å². The molecule has 114 valence electrons. The smallest absolute Gasteiger partial charge is 0.159 e. The van der Waals surface area contributed by atoms with E-state index in [1.807, 2.05) is 29.8 Å². The summed E-state index contributed by atoms with van der Waals surface area (Å²) in [5.74, 6) is -1.75. The average Bonchev–Trinajstić information content (AvgIpc) is 3.15. The van der Waals surface area contributed by atoms with Gasteiger partial charge in [0.1, 0.15) is 0 Å². The summed E-state index contributed by atoms with van der Waals surface area (Å²) < 4.78 is 28.6. The molecule has 4 aromatic rings. The zero-order valence-electron chi connectivity index (χ0n) is 12.2. The molecule has 0 fully saturated rings. The molecule has 4 nitrogen and oxygen atoms in total. The van der Waals surface area contributed by atoms with Crippen molar-refractivity contribution in [3.05, 3.63) is 60.6 Å². The van der Waals surface area contributed by atoms with Gasteiger partial charge in [-0.3, -0.25) is 5.10 Å². The van der Waals surface area contributed by atoms with Gasteiger partial charge in [0.05, 0.1) is 29.4 Å². The Kier molecular flexibility index (Phi) is 2.97. The SMILES string of the molecule is Cn1cnc(-c2ccc(F)c(F)c2)c1-c1ccc2[nH]ncc2c1. The maximum absolute atomic E-state index is 13.6. The fourth-order valence-electron chi connectivity index (χ4n) is 2.72. The monoisotopic (exact) mass is 310 g/mol. The lowest BCUT2D eigenvalue weighted by Gasteiger charge is -2.07. The quantitative estimate of drug-likeness (QED) is 0.610. The van der Waals surface area contributed by atoms with Gasteiger partial charge in [0.2, 0.25) is 0 Å². The van der Waals surface area contributed by atoms with Crippen molar-refractivity contribution in [2.75, 3.05) is 0 Å². The van der Waals surface area contributed by atoms with E-state index >= 15 is 0 Å². The Bertz CT molecular complexity index is 1020. The third kappa shape index (κ3) is 2.19. The number of hydrogen-bond acceptors (Lipinski definition) is 2. The molecular formula is C17H12F2N4. The zero-order valence-corrected chi connectivity index (χ0v) is 12.2. The fraction of sp³-hybridized carbons (Fsp3) is 0.0588. The van der Waals surface area contributed by atoms with Gasteiger partial charge in [0, 0.05) is 23.6 Å². The summed E-state index contributed by atoms with van der Waals surface area (Å²) in [6.45, 7) is 0. The van der Waals surface area contributed by atoms with Crippen molar-refractivity contribution in [1.29, 1.82) is 0 Å². The molecule has 0 radical (unpaired) electrons. The predicted molar refractivity (Wildman–Crippen MR) is 83.6 cm³/mol. The first-order valence-electron chi connectivity index (χ1n) is 7.04. The number of nitrogens with one attached hydrogen (secondary N) is 1. The molecule has 1 N–H and O–H groups in total. The van der Waals surface area contributed by atoms with E-state index in [4.69, 9.17) is 0 Å². The molecule has 0 unspecified atom stereocenters. The summed E-state index contributed by atoms with van der Waals surface area (Å²) in [4.78, 5) is 4.35. The standard InChI is InChI=1S/C17H12F2N4/c1-23-9-20-16(10-2-4-13(18)14(19)7-10)17(23)11-3-5-15-12(6-11)8-21-22-15/h2-9H,1H3,(H,21,22). The number of halogens is 2. The highest BCUT2D eigenvalue weighted by atomic mass is 19.2.